The molecule has 2 aromatic rings. The van der Waals surface area contributed by atoms with Crippen LogP contribution in [0.3, 0.4) is 0 Å². The molecule has 24 heavy (non-hydrogen) atoms. The minimum absolute atomic E-state index is 0.128. The Labute approximate surface area is 140 Å². The molecule has 0 radical (unpaired) electrons. The van der Waals surface area contributed by atoms with E-state index in [2.05, 4.69) is 10.4 Å². The fourth-order valence-corrected chi connectivity index (χ4v) is 3.00. The summed E-state index contributed by atoms with van der Waals surface area (Å²) < 4.78 is 30.2. The number of rotatable bonds is 5. The predicted molar refractivity (Wildman–Crippen MR) is 90.2 cm³/mol. The summed E-state index contributed by atoms with van der Waals surface area (Å²) in [5.41, 5.74) is -0.711. The molecule has 1 amide bonds. The van der Waals surface area contributed by atoms with Crippen LogP contribution in [0.5, 0.6) is 0 Å². The van der Waals surface area contributed by atoms with Gasteiger partial charge in [-0.05, 0) is 32.3 Å². The summed E-state index contributed by atoms with van der Waals surface area (Å²) in [6, 6.07) is 6.69. The largest absolute Gasteiger partial charge is 0.321 e. The lowest BCUT2D eigenvalue weighted by atomic mass is 9.88. The highest BCUT2D eigenvalue weighted by Crippen LogP contribution is 2.37. The second-order valence-corrected chi connectivity index (χ2v) is 6.67. The monoisotopic (exact) mass is 335 g/mol. The number of halogens is 2. The summed E-state index contributed by atoms with van der Waals surface area (Å²) in [6.45, 7) is 6.93. The van der Waals surface area contributed by atoms with Crippen LogP contribution in [0, 0.1) is 18.8 Å². The lowest BCUT2D eigenvalue weighted by Crippen LogP contribution is -2.22. The number of carbonyl (C=O) groups excluding carboxylic acids is 1. The Balaban J connectivity index is 2.36. The Morgan fingerprint density at radius 3 is 2.54 bits per heavy atom. The van der Waals surface area contributed by atoms with Crippen molar-refractivity contribution >= 4 is 11.6 Å². The van der Waals surface area contributed by atoms with E-state index in [1.807, 2.05) is 13.8 Å². The number of amides is 1. The Hall–Kier alpha value is -2.24. The number of benzene rings is 1. The van der Waals surface area contributed by atoms with Gasteiger partial charge in [0.2, 0.25) is 5.95 Å². The number of carbonyl (C=O) groups is 1. The van der Waals surface area contributed by atoms with Crippen molar-refractivity contribution in [2.75, 3.05) is 5.32 Å². The van der Waals surface area contributed by atoms with E-state index >= 15 is 4.39 Å². The Morgan fingerprint density at radius 2 is 2.00 bits per heavy atom. The highest BCUT2D eigenvalue weighted by Gasteiger charge is 2.30. The molecule has 0 saturated heterocycles. The summed E-state index contributed by atoms with van der Waals surface area (Å²) >= 11 is 0. The SMILES string of the molecule is Cc1nn(C)c(F)c1C(=O)Nc1ccccc1C(C)(F)CC(C)C. The van der Waals surface area contributed by atoms with Crippen LogP contribution in [-0.2, 0) is 12.7 Å². The lowest BCUT2D eigenvalue weighted by Gasteiger charge is -2.25. The highest BCUT2D eigenvalue weighted by molar-refractivity contribution is 6.05. The van der Waals surface area contributed by atoms with Crippen LogP contribution in [0.4, 0.5) is 14.5 Å². The van der Waals surface area contributed by atoms with Crippen LogP contribution in [0.1, 0.15) is 48.8 Å². The first-order valence-corrected chi connectivity index (χ1v) is 7.92. The molecule has 0 aliphatic rings. The van der Waals surface area contributed by atoms with Crippen molar-refractivity contribution in [1.29, 1.82) is 0 Å². The predicted octanol–water partition coefficient (Wildman–Crippen LogP) is 4.35. The maximum atomic E-state index is 15.1. The second kappa shape index (κ2) is 6.71. The number of hydrogen-bond acceptors (Lipinski definition) is 2. The molecule has 1 atom stereocenters. The fourth-order valence-electron chi connectivity index (χ4n) is 3.00. The molecule has 0 aliphatic carbocycles. The molecule has 1 aromatic heterocycles. The topological polar surface area (TPSA) is 46.9 Å². The first-order chi connectivity index (χ1) is 11.1. The van der Waals surface area contributed by atoms with Crippen LogP contribution in [0.25, 0.3) is 0 Å². The number of para-hydroxylation sites is 1. The van der Waals surface area contributed by atoms with Gasteiger partial charge in [0.25, 0.3) is 5.91 Å². The molecule has 0 saturated carbocycles. The van der Waals surface area contributed by atoms with Gasteiger partial charge >= 0.3 is 0 Å². The van der Waals surface area contributed by atoms with Gasteiger partial charge in [0.1, 0.15) is 11.2 Å². The molecule has 1 N–H and O–H groups in total. The van der Waals surface area contributed by atoms with Crippen molar-refractivity contribution in [2.24, 2.45) is 13.0 Å². The maximum absolute atomic E-state index is 15.1. The Morgan fingerprint density at radius 1 is 1.38 bits per heavy atom. The summed E-state index contributed by atoms with van der Waals surface area (Å²) in [4.78, 5) is 12.4. The molecule has 1 aromatic carbocycles. The van der Waals surface area contributed by atoms with E-state index in [-0.39, 0.29) is 17.2 Å². The third-order valence-corrected chi connectivity index (χ3v) is 3.91. The van der Waals surface area contributed by atoms with Crippen LogP contribution >= 0.6 is 0 Å². The number of alkyl halides is 1. The summed E-state index contributed by atoms with van der Waals surface area (Å²) in [6.07, 6.45) is 0.320. The summed E-state index contributed by atoms with van der Waals surface area (Å²) in [5, 5.41) is 6.52. The number of nitrogens with one attached hydrogen (secondary N) is 1. The van der Waals surface area contributed by atoms with E-state index < -0.39 is 17.5 Å². The standard InChI is InChI=1S/C18H23F2N3O/c1-11(2)10-18(4,20)13-8-6-7-9-14(13)21-17(24)15-12(3)22-23(5)16(15)19/h6-9,11H,10H2,1-5H3,(H,21,24). The van der Waals surface area contributed by atoms with Crippen molar-refractivity contribution in [3.63, 3.8) is 0 Å². The van der Waals surface area contributed by atoms with E-state index in [9.17, 15) is 9.18 Å². The average Bonchev–Trinajstić information content (AvgIpc) is 2.71. The van der Waals surface area contributed by atoms with Crippen LogP contribution < -0.4 is 5.32 Å². The number of hydrogen-bond donors (Lipinski definition) is 1. The molecule has 4 nitrogen and oxygen atoms in total. The number of aryl methyl sites for hydroxylation is 2. The third kappa shape index (κ3) is 3.63. The lowest BCUT2D eigenvalue weighted by molar-refractivity contribution is 0.102. The summed E-state index contributed by atoms with van der Waals surface area (Å²) in [7, 11) is 1.42. The minimum atomic E-state index is -1.60. The molecule has 2 rings (SSSR count). The van der Waals surface area contributed by atoms with Crippen LogP contribution in [-0.4, -0.2) is 15.7 Å². The van der Waals surface area contributed by atoms with Gasteiger partial charge in [-0.1, -0.05) is 32.0 Å². The van der Waals surface area contributed by atoms with E-state index in [0.717, 1.165) is 4.68 Å². The van der Waals surface area contributed by atoms with Gasteiger partial charge in [0, 0.05) is 18.3 Å². The zero-order chi connectivity index (χ0) is 18.1. The first-order valence-electron chi connectivity index (χ1n) is 7.92. The van der Waals surface area contributed by atoms with Gasteiger partial charge in [-0.2, -0.15) is 9.49 Å². The average molecular weight is 335 g/mol. The van der Waals surface area contributed by atoms with Gasteiger partial charge in [-0.3, -0.25) is 4.79 Å². The van der Waals surface area contributed by atoms with Crippen molar-refractivity contribution < 1.29 is 13.6 Å². The second-order valence-electron chi connectivity index (χ2n) is 6.67. The van der Waals surface area contributed by atoms with Gasteiger partial charge in [0.15, 0.2) is 0 Å². The van der Waals surface area contributed by atoms with E-state index in [1.165, 1.54) is 14.0 Å². The fraction of sp³-hybridized carbons (Fsp3) is 0.444. The molecule has 0 spiro atoms. The first kappa shape index (κ1) is 18.1. The molecular weight excluding hydrogens is 312 g/mol. The molecule has 130 valence electrons. The summed E-state index contributed by atoms with van der Waals surface area (Å²) in [5.74, 6) is -1.19. The molecule has 6 heteroatoms. The van der Waals surface area contributed by atoms with Crippen molar-refractivity contribution in [2.45, 2.75) is 39.8 Å². The molecule has 1 heterocycles. The number of anilines is 1. The van der Waals surface area contributed by atoms with E-state index in [0.29, 0.717) is 17.7 Å². The van der Waals surface area contributed by atoms with Crippen LogP contribution in [0.2, 0.25) is 0 Å². The molecule has 1 unspecified atom stereocenters. The quantitative estimate of drug-likeness (QED) is 0.883. The third-order valence-electron chi connectivity index (χ3n) is 3.91. The van der Waals surface area contributed by atoms with Crippen molar-refractivity contribution in [3.8, 4) is 0 Å². The van der Waals surface area contributed by atoms with Gasteiger partial charge in [-0.25, -0.2) is 9.07 Å². The van der Waals surface area contributed by atoms with Crippen LogP contribution in [0.15, 0.2) is 24.3 Å². The Bertz CT molecular complexity index is 751. The molecule has 0 fully saturated rings. The molecular formula is C18H23F2N3O. The van der Waals surface area contributed by atoms with Gasteiger partial charge in [0.05, 0.1) is 5.69 Å². The van der Waals surface area contributed by atoms with Gasteiger partial charge in [-0.15, -0.1) is 0 Å². The Kier molecular flexibility index (Phi) is 5.06. The van der Waals surface area contributed by atoms with Gasteiger partial charge < -0.3 is 5.32 Å². The highest BCUT2D eigenvalue weighted by atomic mass is 19.1. The van der Waals surface area contributed by atoms with Crippen molar-refractivity contribution in [3.05, 3.63) is 47.0 Å². The molecule has 0 aliphatic heterocycles. The molecule has 0 bridgehead atoms. The maximum Gasteiger partial charge on any atom is 0.262 e. The number of nitrogens with zero attached hydrogens (tertiary/aromatic N) is 2. The normalized spacial score (nSPS) is 13.8. The van der Waals surface area contributed by atoms with E-state index in [1.54, 1.807) is 31.2 Å². The zero-order valence-corrected chi connectivity index (χ0v) is 14.7. The number of aromatic nitrogens is 2. The minimum Gasteiger partial charge on any atom is -0.321 e. The smallest absolute Gasteiger partial charge is 0.262 e. The zero-order valence-electron chi connectivity index (χ0n) is 14.7. The van der Waals surface area contributed by atoms with Crippen molar-refractivity contribution in [1.82, 2.24) is 9.78 Å². The van der Waals surface area contributed by atoms with E-state index in [4.69, 9.17) is 0 Å².